The average molecular weight is 544 g/mol. The maximum absolute atomic E-state index is 13.5. The summed E-state index contributed by atoms with van der Waals surface area (Å²) in [6.45, 7) is 2.15. The van der Waals surface area contributed by atoms with Crippen LogP contribution in [-0.4, -0.2) is 58.2 Å². The van der Waals surface area contributed by atoms with Crippen LogP contribution in [0, 0.1) is 0 Å². The molecule has 1 saturated carbocycles. The second-order valence-corrected chi connectivity index (χ2v) is 10.8. The van der Waals surface area contributed by atoms with Crippen LogP contribution in [0.15, 0.2) is 36.7 Å². The summed E-state index contributed by atoms with van der Waals surface area (Å²) in [7, 11) is 0. The molecule has 2 unspecified atom stereocenters. The number of pyridine rings is 2. The Morgan fingerprint density at radius 3 is 2.74 bits per heavy atom. The largest absolute Gasteiger partial charge is 0.408 e. The maximum Gasteiger partial charge on any atom is 0.408 e. The van der Waals surface area contributed by atoms with Crippen molar-refractivity contribution in [2.45, 2.75) is 50.4 Å². The summed E-state index contributed by atoms with van der Waals surface area (Å²) in [6.07, 6.45) is 1.89. The van der Waals surface area contributed by atoms with Crippen molar-refractivity contribution in [3.63, 3.8) is 0 Å². The first-order chi connectivity index (χ1) is 18.2. The number of carbonyl (C=O) groups is 2. The lowest BCUT2D eigenvalue weighted by Crippen LogP contribution is -2.49. The van der Waals surface area contributed by atoms with Gasteiger partial charge in [-0.2, -0.15) is 13.2 Å². The Balaban J connectivity index is 1.25. The fourth-order valence-electron chi connectivity index (χ4n) is 4.71. The summed E-state index contributed by atoms with van der Waals surface area (Å²) in [5.41, 5.74) is 1.34. The Morgan fingerprint density at radius 1 is 1.16 bits per heavy atom. The van der Waals surface area contributed by atoms with Crippen LogP contribution >= 0.6 is 11.3 Å². The van der Waals surface area contributed by atoms with Gasteiger partial charge in [0.1, 0.15) is 17.6 Å². The first-order valence-corrected chi connectivity index (χ1v) is 13.1. The van der Waals surface area contributed by atoms with Gasteiger partial charge in [-0.25, -0.2) is 19.7 Å². The number of nitrogens with zero attached hydrogens (tertiary/aromatic N) is 5. The fraction of sp³-hybridized carbons (Fsp3) is 0.400. The molecule has 1 saturated heterocycles. The molecule has 3 aromatic heterocycles. The van der Waals surface area contributed by atoms with Crippen LogP contribution in [0.4, 0.5) is 35.3 Å². The molecule has 2 bridgehead atoms. The smallest absolute Gasteiger partial charge is 0.366 e. The number of fused-ring (bicyclic) bond motifs is 4. The molecule has 6 rings (SSSR count). The summed E-state index contributed by atoms with van der Waals surface area (Å²) < 4.78 is 38.8. The van der Waals surface area contributed by atoms with E-state index in [4.69, 9.17) is 0 Å². The van der Waals surface area contributed by atoms with E-state index in [1.165, 1.54) is 23.8 Å². The molecule has 9 nitrogen and oxygen atoms in total. The van der Waals surface area contributed by atoms with Gasteiger partial charge in [-0.15, -0.1) is 11.3 Å². The Kier molecular flexibility index (Phi) is 5.97. The molecule has 2 fully saturated rings. The number of nitrogens with one attached hydrogen (secondary N) is 2. The number of rotatable bonds is 5. The molecule has 2 atom stereocenters. The predicted octanol–water partition coefficient (Wildman–Crippen LogP) is 4.79. The Morgan fingerprint density at radius 2 is 1.97 bits per heavy atom. The lowest BCUT2D eigenvalue weighted by atomic mass is 10.1. The first kappa shape index (κ1) is 24.6. The highest BCUT2D eigenvalue weighted by molar-refractivity contribution is 7.15. The van der Waals surface area contributed by atoms with Gasteiger partial charge in [0.15, 0.2) is 5.82 Å². The van der Waals surface area contributed by atoms with Crippen LogP contribution in [0.25, 0.3) is 10.4 Å². The minimum atomic E-state index is -4.58. The van der Waals surface area contributed by atoms with Gasteiger partial charge >= 0.3 is 12.2 Å². The molecular weight excluding hydrogens is 519 g/mol. The normalized spacial score (nSPS) is 19.2. The quantitative estimate of drug-likeness (QED) is 0.480. The number of aromatic nitrogens is 3. The monoisotopic (exact) mass is 543 g/mol. The van der Waals surface area contributed by atoms with Crippen molar-refractivity contribution in [2.75, 3.05) is 28.2 Å². The molecule has 198 valence electrons. The third-order valence-corrected chi connectivity index (χ3v) is 8.18. The van der Waals surface area contributed by atoms with Crippen LogP contribution in [0.2, 0.25) is 0 Å². The standard InChI is InChI=1S/C25H24F3N7O2S/c1-13(25(26,27)28)31-22(36)17-4-5-18-21(32-17)35(16-7-9-34(18)12-16)24(37)33-20-10-15(6-8-29-20)19-11-30-23(38-19)14-2-3-14/h4-6,8,10-11,13-14,16H,2-3,7,9,12H2,1H3,(H,31,36)(H,29,33,37). The van der Waals surface area contributed by atoms with Crippen molar-refractivity contribution in [1.29, 1.82) is 0 Å². The van der Waals surface area contributed by atoms with Crippen LogP contribution < -0.4 is 20.4 Å². The van der Waals surface area contributed by atoms with Gasteiger partial charge in [-0.1, -0.05) is 0 Å². The average Bonchev–Trinajstić information content (AvgIpc) is 3.46. The minimum absolute atomic E-state index is 0.197. The number of alkyl halides is 3. The second-order valence-electron chi connectivity index (χ2n) is 9.73. The number of anilines is 3. The third kappa shape index (κ3) is 4.66. The van der Waals surface area contributed by atoms with Gasteiger partial charge in [0.05, 0.1) is 21.6 Å². The molecule has 2 N–H and O–H groups in total. The predicted molar refractivity (Wildman–Crippen MR) is 137 cm³/mol. The van der Waals surface area contributed by atoms with E-state index >= 15 is 0 Å². The van der Waals surface area contributed by atoms with E-state index in [1.807, 2.05) is 17.6 Å². The zero-order chi connectivity index (χ0) is 26.6. The van der Waals surface area contributed by atoms with E-state index < -0.39 is 24.2 Å². The number of hydrogen-bond donors (Lipinski definition) is 2. The minimum Gasteiger partial charge on any atom is -0.366 e. The van der Waals surface area contributed by atoms with E-state index in [1.54, 1.807) is 29.7 Å². The SMILES string of the molecule is CC(NC(=O)c1ccc2c(n1)N(C(=O)Nc1cc(-c3cnc(C4CC4)s3)ccn1)C1CCN2C1)C(F)(F)F. The van der Waals surface area contributed by atoms with Crippen molar-refractivity contribution in [2.24, 2.45) is 0 Å². The molecule has 5 heterocycles. The first-order valence-electron chi connectivity index (χ1n) is 12.3. The Bertz CT molecular complexity index is 1410. The number of hydrogen-bond acceptors (Lipinski definition) is 7. The van der Waals surface area contributed by atoms with E-state index in [0.29, 0.717) is 36.9 Å². The van der Waals surface area contributed by atoms with Crippen molar-refractivity contribution in [3.05, 3.63) is 47.4 Å². The molecule has 1 aliphatic carbocycles. The topological polar surface area (TPSA) is 103 Å². The van der Waals surface area contributed by atoms with Gasteiger partial charge in [0, 0.05) is 31.4 Å². The summed E-state index contributed by atoms with van der Waals surface area (Å²) >= 11 is 1.64. The summed E-state index contributed by atoms with van der Waals surface area (Å²) in [5.74, 6) is 0.173. The molecule has 0 radical (unpaired) electrons. The van der Waals surface area contributed by atoms with Crippen LogP contribution in [0.5, 0.6) is 0 Å². The molecule has 3 amide bonds. The van der Waals surface area contributed by atoms with E-state index in [9.17, 15) is 22.8 Å². The van der Waals surface area contributed by atoms with Crippen LogP contribution in [-0.2, 0) is 0 Å². The van der Waals surface area contributed by atoms with E-state index in [2.05, 4.69) is 25.2 Å². The third-order valence-electron chi connectivity index (χ3n) is 6.97. The lowest BCUT2D eigenvalue weighted by Gasteiger charge is -2.35. The lowest BCUT2D eigenvalue weighted by molar-refractivity contribution is -0.149. The highest BCUT2D eigenvalue weighted by Gasteiger charge is 2.41. The molecular formula is C25H24F3N7O2S. The molecule has 13 heteroatoms. The zero-order valence-corrected chi connectivity index (χ0v) is 21.1. The van der Waals surface area contributed by atoms with Crippen LogP contribution in [0.3, 0.4) is 0 Å². The molecule has 3 aromatic rings. The van der Waals surface area contributed by atoms with Crippen molar-refractivity contribution in [3.8, 4) is 10.4 Å². The molecule has 0 spiro atoms. The van der Waals surface area contributed by atoms with Crippen LogP contribution in [0.1, 0.15) is 47.6 Å². The number of halogens is 3. The summed E-state index contributed by atoms with van der Waals surface area (Å²) in [4.78, 5) is 43.7. The molecule has 3 aliphatic rings. The summed E-state index contributed by atoms with van der Waals surface area (Å²) in [5, 5.41) is 5.89. The molecule has 38 heavy (non-hydrogen) atoms. The second kappa shape index (κ2) is 9.22. The number of carbonyl (C=O) groups excluding carboxylic acids is 2. The van der Waals surface area contributed by atoms with Crippen molar-refractivity contribution < 1.29 is 22.8 Å². The molecule has 2 aliphatic heterocycles. The van der Waals surface area contributed by atoms with Gasteiger partial charge in [-0.3, -0.25) is 15.0 Å². The fourth-order valence-corrected chi connectivity index (χ4v) is 5.80. The molecule has 0 aromatic carbocycles. The highest BCUT2D eigenvalue weighted by Crippen LogP contribution is 2.44. The Hall–Kier alpha value is -3.74. The zero-order valence-electron chi connectivity index (χ0n) is 20.3. The van der Waals surface area contributed by atoms with Gasteiger partial charge in [0.2, 0.25) is 0 Å². The maximum atomic E-state index is 13.5. The van der Waals surface area contributed by atoms with Gasteiger partial charge in [0.25, 0.3) is 5.91 Å². The summed E-state index contributed by atoms with van der Waals surface area (Å²) in [6, 6.07) is 3.93. The van der Waals surface area contributed by atoms with Gasteiger partial charge in [-0.05, 0) is 56.0 Å². The highest BCUT2D eigenvalue weighted by atomic mass is 32.1. The number of amides is 3. The van der Waals surface area contributed by atoms with E-state index in [0.717, 1.165) is 22.4 Å². The number of thiazole rings is 1. The van der Waals surface area contributed by atoms with Crippen molar-refractivity contribution in [1.82, 2.24) is 20.3 Å². The number of urea groups is 1. The van der Waals surface area contributed by atoms with E-state index in [-0.39, 0.29) is 17.6 Å². The Labute approximate surface area is 220 Å². The van der Waals surface area contributed by atoms with Gasteiger partial charge < -0.3 is 10.2 Å². The van der Waals surface area contributed by atoms with Crippen molar-refractivity contribution >= 4 is 40.6 Å².